The van der Waals surface area contributed by atoms with Gasteiger partial charge in [-0.15, -0.1) is 0 Å². The van der Waals surface area contributed by atoms with Gasteiger partial charge in [-0.25, -0.2) is 0 Å². The van der Waals surface area contributed by atoms with Gasteiger partial charge in [-0.3, -0.25) is 0 Å². The normalized spacial score (nSPS) is 40.4. The zero-order valence-corrected chi connectivity index (χ0v) is 18.1. The minimum absolute atomic E-state index is 0.00792. The van der Waals surface area contributed by atoms with E-state index >= 15 is 0 Å². The maximum atomic E-state index is 10.1. The molecule has 3 fully saturated rings. The first-order valence-electron chi connectivity index (χ1n) is 12.2. The first-order valence-corrected chi connectivity index (χ1v) is 12.2. The molecule has 3 aliphatic rings. The van der Waals surface area contributed by atoms with Gasteiger partial charge in [0, 0.05) is 6.61 Å². The van der Waals surface area contributed by atoms with E-state index in [-0.39, 0.29) is 5.41 Å². The van der Waals surface area contributed by atoms with Crippen LogP contribution in [0.4, 0.5) is 0 Å². The summed E-state index contributed by atoms with van der Waals surface area (Å²) in [5.74, 6) is 3.53. The number of hydrogen-bond acceptors (Lipinski definition) is 2. The van der Waals surface area contributed by atoms with E-state index in [4.69, 9.17) is 4.74 Å². The van der Waals surface area contributed by atoms with E-state index < -0.39 is 0 Å². The summed E-state index contributed by atoms with van der Waals surface area (Å²) in [6.07, 6.45) is 20.4. The van der Waals surface area contributed by atoms with E-state index in [1.165, 1.54) is 96.3 Å². The summed E-state index contributed by atoms with van der Waals surface area (Å²) >= 11 is 0. The van der Waals surface area contributed by atoms with Crippen LogP contribution in [0.1, 0.15) is 110 Å². The Morgan fingerprint density at radius 3 is 2.04 bits per heavy atom. The van der Waals surface area contributed by atoms with E-state index in [0.29, 0.717) is 12.0 Å². The number of nitriles is 1. The van der Waals surface area contributed by atoms with Crippen molar-refractivity contribution in [2.45, 2.75) is 116 Å². The third-order valence-corrected chi connectivity index (χ3v) is 8.53. The SMILES string of the molecule is CCCCC1CCC([C@H]2CC[C@](C#N)(C3CCC(OCC)CC3)CC2)CC1. The molecule has 2 nitrogen and oxygen atoms in total. The molecule has 0 aromatic heterocycles. The summed E-state index contributed by atoms with van der Waals surface area (Å²) < 4.78 is 5.83. The minimum atomic E-state index is -0.00792. The molecule has 154 valence electrons. The molecular formula is C25H43NO. The largest absolute Gasteiger partial charge is 0.379 e. The molecule has 0 aliphatic heterocycles. The Morgan fingerprint density at radius 2 is 1.48 bits per heavy atom. The lowest BCUT2D eigenvalue weighted by atomic mass is 9.58. The molecule has 0 aromatic rings. The highest BCUT2D eigenvalue weighted by Gasteiger charge is 2.44. The molecule has 27 heavy (non-hydrogen) atoms. The van der Waals surface area contributed by atoms with Crippen molar-refractivity contribution in [1.82, 2.24) is 0 Å². The van der Waals surface area contributed by atoms with Crippen molar-refractivity contribution in [2.75, 3.05) is 6.61 Å². The van der Waals surface area contributed by atoms with Gasteiger partial charge in [-0.2, -0.15) is 5.26 Å². The number of hydrogen-bond donors (Lipinski definition) is 0. The van der Waals surface area contributed by atoms with Gasteiger partial charge >= 0.3 is 0 Å². The number of rotatable bonds is 7. The summed E-state index contributed by atoms with van der Waals surface area (Å²) in [6.45, 7) is 5.25. The van der Waals surface area contributed by atoms with Crippen molar-refractivity contribution in [1.29, 1.82) is 5.26 Å². The second-order valence-corrected chi connectivity index (χ2v) is 9.96. The fraction of sp³-hybridized carbons (Fsp3) is 0.960. The monoisotopic (exact) mass is 373 g/mol. The average Bonchev–Trinajstić information content (AvgIpc) is 2.73. The van der Waals surface area contributed by atoms with Crippen molar-refractivity contribution in [3.05, 3.63) is 0 Å². The molecule has 0 radical (unpaired) electrons. The van der Waals surface area contributed by atoms with Gasteiger partial charge in [0.25, 0.3) is 0 Å². The zero-order chi connectivity index (χ0) is 19.1. The summed E-state index contributed by atoms with van der Waals surface area (Å²) in [5, 5.41) is 10.1. The predicted octanol–water partition coefficient (Wildman–Crippen LogP) is 7.28. The van der Waals surface area contributed by atoms with Gasteiger partial charge in [0.05, 0.1) is 17.6 Å². The van der Waals surface area contributed by atoms with Crippen LogP contribution < -0.4 is 0 Å². The molecule has 0 spiro atoms. The lowest BCUT2D eigenvalue weighted by Gasteiger charge is -2.45. The van der Waals surface area contributed by atoms with E-state index in [0.717, 1.165) is 24.4 Å². The molecule has 2 heteroatoms. The smallest absolute Gasteiger partial charge is 0.0692 e. The predicted molar refractivity (Wildman–Crippen MR) is 112 cm³/mol. The lowest BCUT2D eigenvalue weighted by molar-refractivity contribution is -0.00233. The van der Waals surface area contributed by atoms with E-state index in [1.54, 1.807) is 0 Å². The van der Waals surface area contributed by atoms with Crippen LogP contribution >= 0.6 is 0 Å². The first kappa shape index (κ1) is 21.2. The quantitative estimate of drug-likeness (QED) is 0.470. The molecule has 0 unspecified atom stereocenters. The molecule has 0 heterocycles. The van der Waals surface area contributed by atoms with Crippen molar-refractivity contribution < 1.29 is 4.74 Å². The van der Waals surface area contributed by atoms with Gasteiger partial charge < -0.3 is 4.74 Å². The topological polar surface area (TPSA) is 33.0 Å². The summed E-state index contributed by atoms with van der Waals surface area (Å²) in [5.41, 5.74) is -0.00792. The molecule has 0 aromatic carbocycles. The van der Waals surface area contributed by atoms with Gasteiger partial charge in [-0.1, -0.05) is 39.0 Å². The Hall–Kier alpha value is -0.550. The van der Waals surface area contributed by atoms with Crippen LogP contribution in [0.5, 0.6) is 0 Å². The van der Waals surface area contributed by atoms with Crippen molar-refractivity contribution >= 4 is 0 Å². The van der Waals surface area contributed by atoms with Crippen LogP contribution in [0.2, 0.25) is 0 Å². The van der Waals surface area contributed by atoms with Crippen LogP contribution in [0.3, 0.4) is 0 Å². The second-order valence-electron chi connectivity index (χ2n) is 9.96. The Labute approximate surface area is 168 Å². The first-order chi connectivity index (χ1) is 13.2. The van der Waals surface area contributed by atoms with Crippen molar-refractivity contribution in [3.63, 3.8) is 0 Å². The molecule has 3 rings (SSSR count). The number of unbranched alkanes of at least 4 members (excludes halogenated alkanes) is 1. The summed E-state index contributed by atoms with van der Waals surface area (Å²) in [4.78, 5) is 0. The fourth-order valence-electron chi connectivity index (χ4n) is 6.70. The number of ether oxygens (including phenoxy) is 1. The lowest BCUT2D eigenvalue weighted by Crippen LogP contribution is -2.38. The number of nitrogens with zero attached hydrogens (tertiary/aromatic N) is 1. The Bertz CT molecular complexity index is 457. The van der Waals surface area contributed by atoms with Crippen LogP contribution in [0.25, 0.3) is 0 Å². The molecule has 3 aliphatic carbocycles. The van der Waals surface area contributed by atoms with E-state index in [2.05, 4.69) is 19.9 Å². The van der Waals surface area contributed by atoms with Gasteiger partial charge in [-0.05, 0) is 94.8 Å². The Kier molecular flexibility index (Phi) is 8.07. The summed E-state index contributed by atoms with van der Waals surface area (Å²) in [7, 11) is 0. The molecule has 0 N–H and O–H groups in total. The third kappa shape index (κ3) is 5.29. The summed E-state index contributed by atoms with van der Waals surface area (Å²) in [6, 6.07) is 2.85. The minimum Gasteiger partial charge on any atom is -0.379 e. The Morgan fingerprint density at radius 1 is 0.852 bits per heavy atom. The van der Waals surface area contributed by atoms with Crippen LogP contribution in [-0.4, -0.2) is 12.7 Å². The van der Waals surface area contributed by atoms with Gasteiger partial charge in [0.1, 0.15) is 0 Å². The highest BCUT2D eigenvalue weighted by Crippen LogP contribution is 2.52. The molecule has 0 amide bonds. The average molecular weight is 374 g/mol. The van der Waals surface area contributed by atoms with E-state index in [9.17, 15) is 5.26 Å². The highest BCUT2D eigenvalue weighted by molar-refractivity contribution is 5.06. The zero-order valence-electron chi connectivity index (χ0n) is 18.1. The highest BCUT2D eigenvalue weighted by atomic mass is 16.5. The van der Waals surface area contributed by atoms with Crippen LogP contribution in [-0.2, 0) is 4.74 Å². The van der Waals surface area contributed by atoms with E-state index in [1.807, 2.05) is 0 Å². The molecule has 0 bridgehead atoms. The van der Waals surface area contributed by atoms with Crippen LogP contribution in [0, 0.1) is 40.4 Å². The standard InChI is InChI=1S/C25H43NO/c1-3-5-6-20-7-9-21(10-8-20)22-15-17-25(19-26,18-16-22)23-11-13-24(14-12-23)27-4-2/h20-24H,3-18H2,1-2H3/t20?,21?,22-,23?,24?,25-. The molecule has 3 saturated carbocycles. The molecule has 0 saturated heterocycles. The van der Waals surface area contributed by atoms with Crippen LogP contribution in [0.15, 0.2) is 0 Å². The van der Waals surface area contributed by atoms with Crippen molar-refractivity contribution in [3.8, 4) is 6.07 Å². The second kappa shape index (κ2) is 10.3. The molecule has 0 atom stereocenters. The molecular weight excluding hydrogens is 330 g/mol. The maximum absolute atomic E-state index is 10.1. The third-order valence-electron chi connectivity index (χ3n) is 8.53. The fourth-order valence-corrected chi connectivity index (χ4v) is 6.70. The maximum Gasteiger partial charge on any atom is 0.0692 e. The van der Waals surface area contributed by atoms with Gasteiger partial charge in [0.15, 0.2) is 0 Å². The Balaban J connectivity index is 1.45. The van der Waals surface area contributed by atoms with Crippen molar-refractivity contribution in [2.24, 2.45) is 29.1 Å². The van der Waals surface area contributed by atoms with Gasteiger partial charge in [0.2, 0.25) is 0 Å².